The van der Waals surface area contributed by atoms with E-state index in [1.54, 1.807) is 11.8 Å². The zero-order chi connectivity index (χ0) is 23.2. The van der Waals surface area contributed by atoms with Crippen molar-refractivity contribution >= 4 is 23.3 Å². The zero-order valence-electron chi connectivity index (χ0n) is 20.6. The summed E-state index contributed by atoms with van der Waals surface area (Å²) in [6.45, 7) is 9.30. The molecule has 0 bridgehead atoms. The fourth-order valence-electron chi connectivity index (χ4n) is 8.87. The smallest absolute Gasteiger partial charge is 0.146 e. The molecule has 4 aliphatic carbocycles. The Bertz CT molecular complexity index is 754. The Balaban J connectivity index is 1.22. The van der Waals surface area contributed by atoms with Crippen LogP contribution >= 0.6 is 11.8 Å². The molecule has 5 rings (SSSR count). The molecule has 4 saturated carbocycles. The lowest BCUT2D eigenvalue weighted by atomic mass is 9.44. The molecule has 1 saturated heterocycles. The molecule has 0 aromatic heterocycles. The van der Waals surface area contributed by atoms with E-state index in [4.69, 9.17) is 4.74 Å². The highest BCUT2D eigenvalue weighted by atomic mass is 32.2. The third-order valence-corrected chi connectivity index (χ3v) is 11.6. The van der Waals surface area contributed by atoms with Crippen molar-refractivity contribution in [3.05, 3.63) is 0 Å². The molecule has 5 nitrogen and oxygen atoms in total. The van der Waals surface area contributed by atoms with E-state index in [0.29, 0.717) is 41.5 Å². The summed E-state index contributed by atoms with van der Waals surface area (Å²) in [6, 6.07) is 0. The second-order valence-corrected chi connectivity index (χ2v) is 13.3. The van der Waals surface area contributed by atoms with E-state index < -0.39 is 0 Å². The molecular formula is C27H43NO4S. The summed E-state index contributed by atoms with van der Waals surface area (Å²) in [5.41, 5.74) is -0.0878. The highest BCUT2D eigenvalue weighted by Gasteiger charge is 2.63. The number of ketones is 2. The van der Waals surface area contributed by atoms with Crippen LogP contribution in [0, 0.1) is 40.4 Å². The first-order chi connectivity index (χ1) is 15.8. The minimum absolute atomic E-state index is 0.0536. The standard InChI is InChI=1S/C27H43NO4S/c1-26-8-7-19(29)15-18(26)3-4-20-21-5-6-22(27(21,2)16-23(30)25(20)26)24(31)17-33-14-11-28-9-12-32-13-10-28/h18-22,25,29H,3-17H2,1-2H3/t18-,19+,20-,21-,22+,25+,26-,27-/m0/s1. The molecule has 8 atom stereocenters. The first-order valence-electron chi connectivity index (χ1n) is 13.4. The monoisotopic (exact) mass is 477 g/mol. The summed E-state index contributed by atoms with van der Waals surface area (Å²) in [5.74, 6) is 4.06. The SMILES string of the molecule is C[C@]12CC[C@@H](O)C[C@@H]1CC[C@H]1[C@@H]3CC[C@H](C(=O)CSCCN4CCOCC4)[C@@]3(C)CC(=O)[C@@H]12. The van der Waals surface area contributed by atoms with E-state index in [1.165, 1.54) is 0 Å². The highest BCUT2D eigenvalue weighted by molar-refractivity contribution is 7.99. The molecule has 0 radical (unpaired) electrons. The number of carbonyl (C=O) groups is 2. The molecule has 0 aromatic rings. The fourth-order valence-corrected chi connectivity index (χ4v) is 9.81. The highest BCUT2D eigenvalue weighted by Crippen LogP contribution is 2.66. The summed E-state index contributed by atoms with van der Waals surface area (Å²) in [7, 11) is 0. The number of hydrogen-bond acceptors (Lipinski definition) is 6. The fraction of sp³-hybridized carbons (Fsp3) is 0.926. The number of rotatable bonds is 6. The summed E-state index contributed by atoms with van der Waals surface area (Å²) in [5, 5.41) is 10.2. The lowest BCUT2D eigenvalue weighted by Gasteiger charge is -2.59. The Kier molecular flexibility index (Phi) is 7.03. The number of Topliss-reactive ketones (excluding diaryl/α,β-unsaturated/α-hetero) is 2. The van der Waals surface area contributed by atoms with Gasteiger partial charge in [-0.3, -0.25) is 14.5 Å². The van der Waals surface area contributed by atoms with Crippen LogP contribution in [0.3, 0.4) is 0 Å². The number of thioether (sulfide) groups is 1. The van der Waals surface area contributed by atoms with Crippen LogP contribution in [0.15, 0.2) is 0 Å². The van der Waals surface area contributed by atoms with E-state index in [-0.39, 0.29) is 28.8 Å². The van der Waals surface area contributed by atoms with Crippen molar-refractivity contribution in [2.45, 2.75) is 71.3 Å². The van der Waals surface area contributed by atoms with Crippen molar-refractivity contribution in [2.24, 2.45) is 40.4 Å². The number of morpholine rings is 1. The van der Waals surface area contributed by atoms with Gasteiger partial charge in [-0.1, -0.05) is 13.8 Å². The molecular weight excluding hydrogens is 434 g/mol. The maximum atomic E-state index is 13.7. The van der Waals surface area contributed by atoms with Crippen LogP contribution < -0.4 is 0 Å². The molecule has 6 heteroatoms. The van der Waals surface area contributed by atoms with Crippen LogP contribution in [0.4, 0.5) is 0 Å². The van der Waals surface area contributed by atoms with Crippen LogP contribution in [0.5, 0.6) is 0 Å². The maximum absolute atomic E-state index is 13.7. The van der Waals surface area contributed by atoms with Crippen molar-refractivity contribution in [1.29, 1.82) is 0 Å². The van der Waals surface area contributed by atoms with Crippen molar-refractivity contribution < 1.29 is 19.4 Å². The van der Waals surface area contributed by atoms with E-state index in [2.05, 4.69) is 18.7 Å². The molecule has 186 valence electrons. The molecule has 0 aromatic carbocycles. The van der Waals surface area contributed by atoms with Gasteiger partial charge < -0.3 is 9.84 Å². The molecule has 1 aliphatic heterocycles. The molecule has 1 N–H and O–H groups in total. The van der Waals surface area contributed by atoms with Gasteiger partial charge in [-0.15, -0.1) is 0 Å². The van der Waals surface area contributed by atoms with E-state index in [1.807, 2.05) is 0 Å². The van der Waals surface area contributed by atoms with Gasteiger partial charge in [-0.05, 0) is 73.5 Å². The van der Waals surface area contributed by atoms with Crippen molar-refractivity contribution in [3.63, 3.8) is 0 Å². The van der Waals surface area contributed by atoms with Gasteiger partial charge in [0.15, 0.2) is 0 Å². The summed E-state index contributed by atoms with van der Waals surface area (Å²) < 4.78 is 5.42. The second kappa shape index (κ2) is 9.55. The Hall–Kier alpha value is -0.430. The molecule has 0 unspecified atom stereocenters. The average molecular weight is 478 g/mol. The lowest BCUT2D eigenvalue weighted by Crippen LogP contribution is -2.58. The summed E-state index contributed by atoms with van der Waals surface area (Å²) >= 11 is 1.78. The van der Waals surface area contributed by atoms with Gasteiger partial charge in [0, 0.05) is 43.6 Å². The van der Waals surface area contributed by atoms with Crippen molar-refractivity contribution in [1.82, 2.24) is 4.90 Å². The van der Waals surface area contributed by atoms with Gasteiger partial charge in [0.1, 0.15) is 11.6 Å². The van der Waals surface area contributed by atoms with Gasteiger partial charge in [-0.25, -0.2) is 0 Å². The van der Waals surface area contributed by atoms with Gasteiger partial charge in [0.05, 0.1) is 25.1 Å². The van der Waals surface area contributed by atoms with Crippen molar-refractivity contribution in [2.75, 3.05) is 44.4 Å². The quantitative estimate of drug-likeness (QED) is 0.587. The largest absolute Gasteiger partial charge is 0.393 e. The number of fused-ring (bicyclic) bond motifs is 5. The molecule has 1 heterocycles. The molecule has 0 spiro atoms. The first kappa shape index (κ1) is 24.3. The Labute approximate surface area is 203 Å². The van der Waals surface area contributed by atoms with Gasteiger partial charge in [-0.2, -0.15) is 11.8 Å². The molecule has 33 heavy (non-hydrogen) atoms. The van der Waals surface area contributed by atoms with Crippen LogP contribution in [0.25, 0.3) is 0 Å². The van der Waals surface area contributed by atoms with E-state index in [0.717, 1.165) is 83.5 Å². The zero-order valence-corrected chi connectivity index (χ0v) is 21.4. The van der Waals surface area contributed by atoms with Crippen LogP contribution in [0.2, 0.25) is 0 Å². The van der Waals surface area contributed by atoms with Crippen LogP contribution in [0.1, 0.15) is 65.2 Å². The summed E-state index contributed by atoms with van der Waals surface area (Å²) in [4.78, 5) is 29.5. The normalized spacial score (nSPS) is 45.8. The third kappa shape index (κ3) is 4.36. The van der Waals surface area contributed by atoms with E-state index >= 15 is 0 Å². The molecule has 5 aliphatic rings. The Morgan fingerprint density at radius 1 is 1.12 bits per heavy atom. The molecule has 0 amide bonds. The number of ether oxygens (including phenoxy) is 1. The van der Waals surface area contributed by atoms with Crippen LogP contribution in [-0.4, -0.2) is 72.0 Å². The number of carbonyl (C=O) groups excluding carboxylic acids is 2. The predicted octanol–water partition coefficient (Wildman–Crippen LogP) is 3.82. The number of nitrogens with zero attached hydrogens (tertiary/aromatic N) is 1. The Morgan fingerprint density at radius 2 is 1.91 bits per heavy atom. The van der Waals surface area contributed by atoms with Crippen LogP contribution in [-0.2, 0) is 14.3 Å². The van der Waals surface area contributed by atoms with Gasteiger partial charge in [0.25, 0.3) is 0 Å². The Morgan fingerprint density at radius 3 is 2.70 bits per heavy atom. The predicted molar refractivity (Wildman–Crippen MR) is 131 cm³/mol. The first-order valence-corrected chi connectivity index (χ1v) is 14.6. The third-order valence-electron chi connectivity index (χ3n) is 10.6. The summed E-state index contributed by atoms with van der Waals surface area (Å²) in [6.07, 6.45) is 7.45. The molecule has 5 fully saturated rings. The lowest BCUT2D eigenvalue weighted by molar-refractivity contribution is -0.162. The van der Waals surface area contributed by atoms with Gasteiger partial charge >= 0.3 is 0 Å². The second-order valence-electron chi connectivity index (χ2n) is 12.2. The maximum Gasteiger partial charge on any atom is 0.146 e. The minimum Gasteiger partial charge on any atom is -0.393 e. The average Bonchev–Trinajstić information content (AvgIpc) is 3.14. The minimum atomic E-state index is -0.183. The number of hydrogen-bond donors (Lipinski definition) is 1. The van der Waals surface area contributed by atoms with E-state index in [9.17, 15) is 14.7 Å². The number of aliphatic hydroxyl groups is 1. The van der Waals surface area contributed by atoms with Crippen molar-refractivity contribution in [3.8, 4) is 0 Å². The topological polar surface area (TPSA) is 66.8 Å². The number of aliphatic hydroxyl groups excluding tert-OH is 1. The van der Waals surface area contributed by atoms with Gasteiger partial charge in [0.2, 0.25) is 0 Å².